The Morgan fingerprint density at radius 3 is 2.79 bits per heavy atom. The third kappa shape index (κ3) is 4.13. The van der Waals surface area contributed by atoms with Gasteiger partial charge < -0.3 is 5.32 Å². The van der Waals surface area contributed by atoms with Crippen LogP contribution in [0.15, 0.2) is 53.6 Å². The molecule has 2 aromatic carbocycles. The normalized spacial score (nSPS) is 19.2. The van der Waals surface area contributed by atoms with Gasteiger partial charge in [-0.1, -0.05) is 61.7 Å². The molecule has 2 heterocycles. The van der Waals surface area contributed by atoms with Crippen LogP contribution < -0.4 is 10.9 Å². The van der Waals surface area contributed by atoms with Crippen LogP contribution in [-0.2, 0) is 19.4 Å². The first-order valence-electron chi connectivity index (χ1n) is 12.5. The van der Waals surface area contributed by atoms with Gasteiger partial charge in [0.05, 0.1) is 18.3 Å². The molecule has 4 aromatic rings. The fourth-order valence-electron chi connectivity index (χ4n) is 5.83. The molecule has 0 bridgehead atoms. The van der Waals surface area contributed by atoms with Gasteiger partial charge in [0.2, 0.25) is 0 Å². The van der Waals surface area contributed by atoms with Crippen molar-refractivity contribution in [2.45, 2.75) is 64.0 Å². The summed E-state index contributed by atoms with van der Waals surface area (Å²) in [5.41, 5.74) is 2.53. The zero-order valence-corrected chi connectivity index (χ0v) is 19.9. The zero-order chi connectivity index (χ0) is 22.2. The number of hydrogen-bond acceptors (Lipinski definition) is 4. The van der Waals surface area contributed by atoms with Gasteiger partial charge >= 0.3 is 0 Å². The van der Waals surface area contributed by atoms with Crippen LogP contribution in [-0.4, -0.2) is 22.1 Å². The van der Waals surface area contributed by atoms with E-state index in [0.717, 1.165) is 47.5 Å². The van der Waals surface area contributed by atoms with Gasteiger partial charge in [0.1, 0.15) is 4.83 Å². The minimum absolute atomic E-state index is 0.110. The summed E-state index contributed by atoms with van der Waals surface area (Å²) in [5, 5.41) is 7.13. The van der Waals surface area contributed by atoms with Gasteiger partial charge in [-0.15, -0.1) is 11.3 Å². The van der Waals surface area contributed by atoms with Crippen molar-refractivity contribution >= 4 is 32.3 Å². The molecule has 2 aromatic heterocycles. The summed E-state index contributed by atoms with van der Waals surface area (Å²) in [6.07, 6.45) is 11.8. The predicted octanol–water partition coefficient (Wildman–Crippen LogP) is 5.69. The van der Waals surface area contributed by atoms with E-state index in [1.165, 1.54) is 53.3 Å². The van der Waals surface area contributed by atoms with Gasteiger partial charge in [0, 0.05) is 10.9 Å². The van der Waals surface area contributed by atoms with E-state index in [9.17, 15) is 4.79 Å². The van der Waals surface area contributed by atoms with Crippen molar-refractivity contribution in [1.82, 2.24) is 14.9 Å². The quantitative estimate of drug-likeness (QED) is 0.419. The molecule has 0 saturated heterocycles. The minimum Gasteiger partial charge on any atom is -0.313 e. The summed E-state index contributed by atoms with van der Waals surface area (Å²) in [5.74, 6) is 0.852. The Labute approximate surface area is 198 Å². The largest absolute Gasteiger partial charge is 0.313 e. The van der Waals surface area contributed by atoms with Crippen LogP contribution in [0.25, 0.3) is 21.0 Å². The van der Waals surface area contributed by atoms with E-state index in [2.05, 4.69) is 47.8 Å². The van der Waals surface area contributed by atoms with E-state index in [-0.39, 0.29) is 5.56 Å². The number of nitrogens with zero attached hydrogens (tertiary/aromatic N) is 2. The molecule has 5 heteroatoms. The molecule has 1 atom stereocenters. The van der Waals surface area contributed by atoms with Crippen LogP contribution in [0.5, 0.6) is 0 Å². The average molecular weight is 458 g/mol. The molecule has 0 spiro atoms. The molecule has 1 N–H and O–H groups in total. The van der Waals surface area contributed by atoms with Gasteiger partial charge in [0.15, 0.2) is 0 Å². The summed E-state index contributed by atoms with van der Waals surface area (Å²) in [4.78, 5) is 20.5. The third-order valence-corrected chi connectivity index (χ3v) is 8.84. The first kappa shape index (κ1) is 21.1. The van der Waals surface area contributed by atoms with E-state index in [4.69, 9.17) is 4.98 Å². The molecule has 0 aliphatic heterocycles. The molecule has 0 radical (unpaired) electrons. The number of aromatic nitrogens is 2. The number of nitrogens with one attached hydrogen (secondary N) is 1. The Morgan fingerprint density at radius 2 is 1.88 bits per heavy atom. The molecule has 170 valence electrons. The standard InChI is InChI=1S/C28H31N3OS/c32-28-26-24-14-13-22(29-16-19-7-2-1-3-8-19)15-25(24)33-27(26)30-18-31(28)17-21-11-6-10-20-9-4-5-12-23(20)21/h4-6,9-12,18-19,22,29H,1-3,7-8,13-17H2. The lowest BCUT2D eigenvalue weighted by Crippen LogP contribution is -2.37. The highest BCUT2D eigenvalue weighted by Crippen LogP contribution is 2.34. The first-order chi connectivity index (χ1) is 16.3. The molecule has 4 nitrogen and oxygen atoms in total. The molecule has 6 rings (SSSR count). The number of rotatable bonds is 5. The van der Waals surface area contributed by atoms with Crippen LogP contribution in [0.4, 0.5) is 0 Å². The van der Waals surface area contributed by atoms with Gasteiger partial charge in [-0.05, 0) is 66.5 Å². The van der Waals surface area contributed by atoms with Gasteiger partial charge in [0.25, 0.3) is 5.56 Å². The Hall–Kier alpha value is -2.50. The van der Waals surface area contributed by atoms with Crippen LogP contribution in [0.1, 0.15) is 54.5 Å². The maximum Gasteiger partial charge on any atom is 0.262 e. The molecule has 0 amide bonds. The topological polar surface area (TPSA) is 46.9 Å². The Morgan fingerprint density at radius 1 is 1.03 bits per heavy atom. The highest BCUT2D eigenvalue weighted by atomic mass is 32.1. The van der Waals surface area contributed by atoms with Crippen molar-refractivity contribution in [3.63, 3.8) is 0 Å². The summed E-state index contributed by atoms with van der Waals surface area (Å²) >= 11 is 1.73. The van der Waals surface area contributed by atoms with E-state index in [1.807, 2.05) is 0 Å². The Bertz CT molecular complexity index is 1340. The molecule has 2 aliphatic rings. The number of hydrogen-bond donors (Lipinski definition) is 1. The zero-order valence-electron chi connectivity index (χ0n) is 19.1. The van der Waals surface area contributed by atoms with Crippen molar-refractivity contribution in [3.8, 4) is 0 Å². The second-order valence-corrected chi connectivity index (χ2v) is 10.9. The van der Waals surface area contributed by atoms with Crippen molar-refractivity contribution in [2.24, 2.45) is 5.92 Å². The maximum absolute atomic E-state index is 13.5. The van der Waals surface area contributed by atoms with Gasteiger partial charge in [-0.3, -0.25) is 9.36 Å². The number of benzene rings is 2. The van der Waals surface area contributed by atoms with E-state index in [0.29, 0.717) is 12.6 Å². The second-order valence-electron chi connectivity index (χ2n) is 9.85. The molecule has 1 saturated carbocycles. The fourth-order valence-corrected chi connectivity index (χ4v) is 7.08. The molecule has 33 heavy (non-hydrogen) atoms. The SMILES string of the molecule is O=c1c2c3c(sc2ncn1Cc1cccc2ccccc12)CC(NCC1CCCCC1)CC3. The maximum atomic E-state index is 13.5. The summed E-state index contributed by atoms with van der Waals surface area (Å²) in [7, 11) is 0. The first-order valence-corrected chi connectivity index (χ1v) is 13.3. The van der Waals surface area contributed by atoms with Crippen LogP contribution >= 0.6 is 11.3 Å². The summed E-state index contributed by atoms with van der Waals surface area (Å²) in [6.45, 7) is 1.71. The monoisotopic (exact) mass is 457 g/mol. The molecule has 1 fully saturated rings. The highest BCUT2D eigenvalue weighted by Gasteiger charge is 2.26. The predicted molar refractivity (Wildman–Crippen MR) is 137 cm³/mol. The lowest BCUT2D eigenvalue weighted by atomic mass is 9.88. The second kappa shape index (κ2) is 9.03. The number of fused-ring (bicyclic) bond motifs is 4. The smallest absolute Gasteiger partial charge is 0.262 e. The number of aryl methyl sites for hydroxylation is 1. The van der Waals surface area contributed by atoms with Gasteiger partial charge in [-0.25, -0.2) is 4.98 Å². The Kier molecular flexibility index (Phi) is 5.77. The fraction of sp³-hybridized carbons (Fsp3) is 0.429. The Balaban J connectivity index is 1.25. The van der Waals surface area contributed by atoms with Crippen molar-refractivity contribution in [3.05, 3.63) is 75.1 Å². The lowest BCUT2D eigenvalue weighted by Gasteiger charge is -2.27. The highest BCUT2D eigenvalue weighted by molar-refractivity contribution is 7.18. The average Bonchev–Trinajstić information content (AvgIpc) is 3.24. The van der Waals surface area contributed by atoms with Crippen LogP contribution in [0.3, 0.4) is 0 Å². The van der Waals surface area contributed by atoms with Crippen molar-refractivity contribution < 1.29 is 0 Å². The van der Waals surface area contributed by atoms with Gasteiger partial charge in [-0.2, -0.15) is 0 Å². The molecule has 1 unspecified atom stereocenters. The summed E-state index contributed by atoms with van der Waals surface area (Å²) < 4.78 is 1.80. The van der Waals surface area contributed by atoms with Crippen molar-refractivity contribution in [1.29, 1.82) is 0 Å². The lowest BCUT2D eigenvalue weighted by molar-refractivity contribution is 0.319. The van der Waals surface area contributed by atoms with Crippen molar-refractivity contribution in [2.75, 3.05) is 6.54 Å². The number of thiophene rings is 1. The molecular formula is C28H31N3OS. The van der Waals surface area contributed by atoms with E-state index < -0.39 is 0 Å². The minimum atomic E-state index is 0.110. The van der Waals surface area contributed by atoms with Crippen LogP contribution in [0, 0.1) is 5.92 Å². The van der Waals surface area contributed by atoms with Crippen LogP contribution in [0.2, 0.25) is 0 Å². The van der Waals surface area contributed by atoms with E-state index >= 15 is 0 Å². The molecular weight excluding hydrogens is 426 g/mol. The third-order valence-electron chi connectivity index (χ3n) is 7.68. The van der Waals surface area contributed by atoms with E-state index in [1.54, 1.807) is 22.2 Å². The molecule has 2 aliphatic carbocycles. The summed E-state index contributed by atoms with van der Waals surface area (Å²) in [6, 6.07) is 15.2.